The minimum absolute atomic E-state index is 0.00126. The summed E-state index contributed by atoms with van der Waals surface area (Å²) in [4.78, 5) is 25.6. The molecule has 0 saturated carbocycles. The van der Waals surface area contributed by atoms with E-state index < -0.39 is 0 Å². The quantitative estimate of drug-likeness (QED) is 0.881. The molecule has 0 bridgehead atoms. The maximum atomic E-state index is 11.8. The zero-order valence-electron chi connectivity index (χ0n) is 11.4. The fourth-order valence-electron chi connectivity index (χ4n) is 2.28. The van der Waals surface area contributed by atoms with Crippen LogP contribution in [0.25, 0.3) is 10.2 Å². The lowest BCUT2D eigenvalue weighted by atomic mass is 10.2. The summed E-state index contributed by atoms with van der Waals surface area (Å²) in [5.41, 5.74) is 1.43. The first-order chi connectivity index (χ1) is 10.2. The van der Waals surface area contributed by atoms with Crippen LogP contribution < -0.4 is 10.2 Å². The molecule has 21 heavy (non-hydrogen) atoms. The summed E-state index contributed by atoms with van der Waals surface area (Å²) in [5.74, 6) is -0.213. The van der Waals surface area contributed by atoms with E-state index in [2.05, 4.69) is 10.3 Å². The van der Waals surface area contributed by atoms with Crippen LogP contribution in [0.2, 0.25) is 0 Å². The van der Waals surface area contributed by atoms with Gasteiger partial charge in [0, 0.05) is 12.3 Å². The number of benzene rings is 1. The van der Waals surface area contributed by atoms with Gasteiger partial charge in [0.25, 0.3) is 0 Å². The van der Waals surface area contributed by atoms with Gasteiger partial charge in [0.2, 0.25) is 5.91 Å². The molecular formula is C14H16N2O4S. The molecule has 1 saturated heterocycles. The average Bonchev–Trinajstić information content (AvgIpc) is 3.06. The standard InChI is InChI=1S/C14H16N2O4S/c17-13(8-19-7-10-2-1-5-20-10)15-9-3-4-11-12(6-9)21-14(18)16-11/h3-4,6,10H,1-2,5,7-8H2,(H,15,17)(H,16,18)/t10-/m1/s1. The molecule has 1 aliphatic rings. The van der Waals surface area contributed by atoms with E-state index in [1.807, 2.05) is 0 Å². The highest BCUT2D eigenvalue weighted by atomic mass is 32.1. The second kappa shape index (κ2) is 6.38. The van der Waals surface area contributed by atoms with Crippen molar-refractivity contribution in [1.29, 1.82) is 0 Å². The monoisotopic (exact) mass is 308 g/mol. The van der Waals surface area contributed by atoms with Crippen molar-refractivity contribution < 1.29 is 14.3 Å². The van der Waals surface area contributed by atoms with Gasteiger partial charge >= 0.3 is 4.87 Å². The third-order valence-corrected chi connectivity index (χ3v) is 4.11. The van der Waals surface area contributed by atoms with Gasteiger partial charge in [0.05, 0.1) is 22.9 Å². The van der Waals surface area contributed by atoms with E-state index in [1.165, 1.54) is 0 Å². The number of carbonyl (C=O) groups is 1. The lowest BCUT2D eigenvalue weighted by Gasteiger charge is -2.10. The summed E-state index contributed by atoms with van der Waals surface area (Å²) in [6.07, 6.45) is 2.16. The molecule has 3 rings (SSSR count). The van der Waals surface area contributed by atoms with E-state index in [-0.39, 0.29) is 23.5 Å². The topological polar surface area (TPSA) is 80.4 Å². The second-order valence-corrected chi connectivity index (χ2v) is 5.94. The minimum Gasteiger partial charge on any atom is -0.376 e. The van der Waals surface area contributed by atoms with E-state index in [0.717, 1.165) is 41.0 Å². The fraction of sp³-hybridized carbons (Fsp3) is 0.429. The lowest BCUT2D eigenvalue weighted by molar-refractivity contribution is -0.121. The average molecular weight is 308 g/mol. The molecule has 0 spiro atoms. The highest BCUT2D eigenvalue weighted by molar-refractivity contribution is 7.16. The van der Waals surface area contributed by atoms with Crippen LogP contribution in [0.1, 0.15) is 12.8 Å². The van der Waals surface area contributed by atoms with Gasteiger partial charge < -0.3 is 19.8 Å². The molecule has 0 radical (unpaired) electrons. The number of hydrogen-bond acceptors (Lipinski definition) is 5. The molecule has 1 aromatic carbocycles. The van der Waals surface area contributed by atoms with E-state index in [4.69, 9.17) is 9.47 Å². The predicted octanol–water partition coefficient (Wildman–Crippen LogP) is 1.72. The van der Waals surface area contributed by atoms with Crippen molar-refractivity contribution >= 4 is 33.1 Å². The molecule has 2 aromatic rings. The molecule has 1 amide bonds. The molecule has 1 aromatic heterocycles. The molecule has 1 atom stereocenters. The maximum Gasteiger partial charge on any atom is 0.305 e. The molecule has 2 N–H and O–H groups in total. The lowest BCUT2D eigenvalue weighted by Crippen LogP contribution is -2.22. The number of ether oxygens (including phenoxy) is 2. The Morgan fingerprint density at radius 3 is 3.24 bits per heavy atom. The third-order valence-electron chi connectivity index (χ3n) is 3.27. The van der Waals surface area contributed by atoms with Crippen LogP contribution in [0.4, 0.5) is 5.69 Å². The molecule has 1 aliphatic heterocycles. The van der Waals surface area contributed by atoms with Gasteiger partial charge in [-0.25, -0.2) is 0 Å². The summed E-state index contributed by atoms with van der Waals surface area (Å²) in [5, 5.41) is 2.75. The Labute approximate surface area is 125 Å². The van der Waals surface area contributed by atoms with E-state index in [1.54, 1.807) is 18.2 Å². The number of hydrogen-bond donors (Lipinski definition) is 2. The maximum absolute atomic E-state index is 11.8. The zero-order valence-corrected chi connectivity index (χ0v) is 12.2. The van der Waals surface area contributed by atoms with Crippen molar-refractivity contribution in [2.45, 2.75) is 18.9 Å². The zero-order chi connectivity index (χ0) is 14.7. The number of H-pyrrole nitrogens is 1. The van der Waals surface area contributed by atoms with Crippen LogP contribution in [-0.2, 0) is 14.3 Å². The Balaban J connectivity index is 1.51. The Kier molecular flexibility index (Phi) is 4.33. The SMILES string of the molecule is O=C(COC[C@H]1CCCO1)Nc1ccc2[nH]c(=O)sc2c1. The highest BCUT2D eigenvalue weighted by Crippen LogP contribution is 2.19. The summed E-state index contributed by atoms with van der Waals surface area (Å²) >= 11 is 1.12. The first-order valence-corrected chi connectivity index (χ1v) is 7.64. The van der Waals surface area contributed by atoms with Crippen LogP contribution >= 0.6 is 11.3 Å². The number of amides is 1. The van der Waals surface area contributed by atoms with Crippen molar-refractivity contribution in [1.82, 2.24) is 4.98 Å². The van der Waals surface area contributed by atoms with Crippen molar-refractivity contribution in [2.75, 3.05) is 25.1 Å². The van der Waals surface area contributed by atoms with Crippen molar-refractivity contribution in [2.24, 2.45) is 0 Å². The van der Waals surface area contributed by atoms with E-state index in [9.17, 15) is 9.59 Å². The van der Waals surface area contributed by atoms with Crippen LogP contribution in [0.3, 0.4) is 0 Å². The summed E-state index contributed by atoms with van der Waals surface area (Å²) in [6, 6.07) is 5.30. The van der Waals surface area contributed by atoms with Gasteiger partial charge in [-0.15, -0.1) is 0 Å². The van der Waals surface area contributed by atoms with Gasteiger partial charge in [-0.1, -0.05) is 11.3 Å². The largest absolute Gasteiger partial charge is 0.376 e. The number of nitrogens with one attached hydrogen (secondary N) is 2. The molecule has 1 fully saturated rings. The van der Waals surface area contributed by atoms with Crippen LogP contribution in [0.15, 0.2) is 23.0 Å². The first kappa shape index (κ1) is 14.2. The first-order valence-electron chi connectivity index (χ1n) is 6.83. The molecule has 112 valence electrons. The summed E-state index contributed by atoms with van der Waals surface area (Å²) in [6.45, 7) is 1.23. The van der Waals surface area contributed by atoms with Crippen LogP contribution in [0, 0.1) is 0 Å². The summed E-state index contributed by atoms with van der Waals surface area (Å²) < 4.78 is 11.6. The van der Waals surface area contributed by atoms with Gasteiger partial charge in [0.15, 0.2) is 0 Å². The Hall–Kier alpha value is -1.70. The Bertz CT molecular complexity index is 688. The molecule has 6 nitrogen and oxygen atoms in total. The molecule has 2 heterocycles. The molecule has 7 heteroatoms. The fourth-order valence-corrected chi connectivity index (χ4v) is 3.05. The smallest absolute Gasteiger partial charge is 0.305 e. The predicted molar refractivity (Wildman–Crippen MR) is 80.9 cm³/mol. The number of aromatic nitrogens is 1. The van der Waals surface area contributed by atoms with Crippen molar-refractivity contribution in [3.8, 4) is 0 Å². The van der Waals surface area contributed by atoms with Crippen molar-refractivity contribution in [3.05, 3.63) is 27.9 Å². The highest BCUT2D eigenvalue weighted by Gasteiger charge is 2.16. The normalized spacial score (nSPS) is 18.2. The van der Waals surface area contributed by atoms with E-state index >= 15 is 0 Å². The van der Waals surface area contributed by atoms with Gasteiger partial charge in [-0.3, -0.25) is 9.59 Å². The summed E-state index contributed by atoms with van der Waals surface area (Å²) in [7, 11) is 0. The molecule has 0 aliphatic carbocycles. The number of thiazole rings is 1. The molecule has 0 unspecified atom stereocenters. The van der Waals surface area contributed by atoms with Gasteiger partial charge in [-0.05, 0) is 31.0 Å². The van der Waals surface area contributed by atoms with E-state index in [0.29, 0.717) is 12.3 Å². The number of fused-ring (bicyclic) bond motifs is 1. The van der Waals surface area contributed by atoms with Crippen molar-refractivity contribution in [3.63, 3.8) is 0 Å². The second-order valence-electron chi connectivity index (χ2n) is 4.92. The van der Waals surface area contributed by atoms with Crippen LogP contribution in [0.5, 0.6) is 0 Å². The van der Waals surface area contributed by atoms with Crippen LogP contribution in [-0.4, -0.2) is 36.8 Å². The van der Waals surface area contributed by atoms with Gasteiger partial charge in [0.1, 0.15) is 6.61 Å². The molecular weight excluding hydrogens is 292 g/mol. The number of aromatic amines is 1. The number of rotatable bonds is 5. The van der Waals surface area contributed by atoms with Gasteiger partial charge in [-0.2, -0.15) is 0 Å². The number of carbonyl (C=O) groups excluding carboxylic acids is 1. The third kappa shape index (κ3) is 3.69. The number of anilines is 1. The Morgan fingerprint density at radius 1 is 1.52 bits per heavy atom. The Morgan fingerprint density at radius 2 is 2.43 bits per heavy atom. The minimum atomic E-state index is -0.213.